The number of methoxy groups -OCH3 is 2. The zero-order valence-electron chi connectivity index (χ0n) is 16.1. The van der Waals surface area contributed by atoms with Crippen LogP contribution in [0, 0.1) is 5.82 Å². The predicted molar refractivity (Wildman–Crippen MR) is 105 cm³/mol. The minimum absolute atomic E-state index is 0.275. The monoisotopic (exact) mass is 382 g/mol. The predicted octanol–water partition coefficient (Wildman–Crippen LogP) is 4.18. The summed E-state index contributed by atoms with van der Waals surface area (Å²) in [7, 11) is 2.93. The van der Waals surface area contributed by atoms with E-state index in [0.29, 0.717) is 29.3 Å². The lowest BCUT2D eigenvalue weighted by Crippen LogP contribution is -2.29. The van der Waals surface area contributed by atoms with Crippen molar-refractivity contribution in [3.63, 3.8) is 0 Å². The van der Waals surface area contributed by atoms with E-state index in [4.69, 9.17) is 9.47 Å². The van der Waals surface area contributed by atoms with Crippen molar-refractivity contribution in [2.24, 2.45) is 0 Å². The van der Waals surface area contributed by atoms with Gasteiger partial charge in [0.05, 0.1) is 20.3 Å². The van der Waals surface area contributed by atoms with E-state index >= 15 is 0 Å². The molecule has 5 nitrogen and oxygen atoms in total. The van der Waals surface area contributed by atoms with Gasteiger partial charge in [0.25, 0.3) is 5.91 Å². The summed E-state index contributed by atoms with van der Waals surface area (Å²) in [4.78, 5) is 12.8. The summed E-state index contributed by atoms with van der Waals surface area (Å²) in [5, 5.41) is 2.86. The molecule has 1 N–H and O–H groups in total. The molecule has 146 valence electrons. The van der Waals surface area contributed by atoms with Crippen LogP contribution in [0.1, 0.15) is 34.6 Å². The molecule has 0 saturated heterocycles. The molecule has 0 saturated carbocycles. The highest BCUT2D eigenvalue weighted by molar-refractivity contribution is 5.93. The number of nitrogens with zero attached hydrogens (tertiary/aromatic N) is 1. The fourth-order valence-corrected chi connectivity index (χ4v) is 3.09. The highest BCUT2D eigenvalue weighted by atomic mass is 19.1. The molecular weight excluding hydrogens is 359 g/mol. The zero-order valence-corrected chi connectivity index (χ0v) is 16.1. The van der Waals surface area contributed by atoms with E-state index in [1.54, 1.807) is 19.1 Å². The molecule has 6 heteroatoms. The van der Waals surface area contributed by atoms with E-state index in [2.05, 4.69) is 5.32 Å². The second-order valence-electron chi connectivity index (χ2n) is 6.43. The minimum Gasteiger partial charge on any atom is -0.493 e. The van der Waals surface area contributed by atoms with E-state index in [-0.39, 0.29) is 5.91 Å². The molecule has 0 radical (unpaired) electrons. The van der Waals surface area contributed by atoms with Gasteiger partial charge in [-0.2, -0.15) is 0 Å². The van der Waals surface area contributed by atoms with Crippen molar-refractivity contribution in [1.82, 2.24) is 9.88 Å². The van der Waals surface area contributed by atoms with E-state index in [1.807, 2.05) is 47.2 Å². The average Bonchev–Trinajstić information content (AvgIpc) is 3.16. The Morgan fingerprint density at radius 2 is 1.75 bits per heavy atom. The van der Waals surface area contributed by atoms with Crippen LogP contribution < -0.4 is 14.8 Å². The number of rotatable bonds is 7. The molecule has 3 rings (SSSR count). The molecule has 1 atom stereocenters. The third-order valence-corrected chi connectivity index (χ3v) is 4.57. The molecule has 2 aromatic carbocycles. The van der Waals surface area contributed by atoms with Crippen LogP contribution in [-0.4, -0.2) is 24.7 Å². The Bertz CT molecular complexity index is 954. The SMILES string of the molecule is COc1cc(F)c(C(C)NC(=O)c2cccn2Cc2ccccc2)cc1OC. The first-order valence-corrected chi connectivity index (χ1v) is 8.94. The van der Waals surface area contributed by atoms with Gasteiger partial charge in [0.2, 0.25) is 0 Å². The van der Waals surface area contributed by atoms with Gasteiger partial charge in [0.15, 0.2) is 11.5 Å². The maximum atomic E-state index is 14.5. The van der Waals surface area contributed by atoms with Crippen molar-refractivity contribution in [3.05, 3.63) is 83.4 Å². The standard InChI is InChI=1S/C22H23FN2O3/c1-15(17-12-20(27-2)21(28-3)13-18(17)23)24-22(26)19-10-7-11-25(19)14-16-8-5-4-6-9-16/h4-13,15H,14H2,1-3H3,(H,24,26). The van der Waals surface area contributed by atoms with Crippen molar-refractivity contribution in [2.75, 3.05) is 14.2 Å². The van der Waals surface area contributed by atoms with Crippen LogP contribution in [0.15, 0.2) is 60.8 Å². The number of aromatic nitrogens is 1. The van der Waals surface area contributed by atoms with Crippen LogP contribution in [0.2, 0.25) is 0 Å². The number of hydrogen-bond donors (Lipinski definition) is 1. The molecule has 28 heavy (non-hydrogen) atoms. The van der Waals surface area contributed by atoms with Gasteiger partial charge in [0.1, 0.15) is 11.5 Å². The number of carbonyl (C=O) groups is 1. The zero-order chi connectivity index (χ0) is 20.1. The largest absolute Gasteiger partial charge is 0.493 e. The molecule has 0 spiro atoms. The van der Waals surface area contributed by atoms with Gasteiger partial charge in [0, 0.05) is 24.4 Å². The van der Waals surface area contributed by atoms with Crippen molar-refractivity contribution >= 4 is 5.91 Å². The van der Waals surface area contributed by atoms with Gasteiger partial charge in [-0.25, -0.2) is 4.39 Å². The van der Waals surface area contributed by atoms with Crippen LogP contribution in [0.5, 0.6) is 11.5 Å². The lowest BCUT2D eigenvalue weighted by Gasteiger charge is -2.18. The topological polar surface area (TPSA) is 52.5 Å². The highest BCUT2D eigenvalue weighted by Gasteiger charge is 2.20. The minimum atomic E-state index is -0.549. The van der Waals surface area contributed by atoms with Gasteiger partial charge in [-0.15, -0.1) is 0 Å². The van der Waals surface area contributed by atoms with Gasteiger partial charge in [-0.3, -0.25) is 4.79 Å². The Labute approximate surface area is 163 Å². The van der Waals surface area contributed by atoms with E-state index in [9.17, 15) is 9.18 Å². The molecule has 3 aromatic rings. The van der Waals surface area contributed by atoms with Crippen LogP contribution in [0.25, 0.3) is 0 Å². The molecule has 0 aliphatic carbocycles. The van der Waals surface area contributed by atoms with Gasteiger partial charge in [-0.05, 0) is 30.7 Å². The van der Waals surface area contributed by atoms with Crippen LogP contribution in [0.4, 0.5) is 4.39 Å². The van der Waals surface area contributed by atoms with Crippen LogP contribution >= 0.6 is 0 Å². The lowest BCUT2D eigenvalue weighted by molar-refractivity contribution is 0.0930. The fraction of sp³-hybridized carbons (Fsp3) is 0.227. The molecule has 0 bridgehead atoms. The molecule has 1 amide bonds. The highest BCUT2D eigenvalue weighted by Crippen LogP contribution is 2.32. The molecule has 0 aliphatic heterocycles. The van der Waals surface area contributed by atoms with E-state index in [1.165, 1.54) is 20.3 Å². The molecular formula is C22H23FN2O3. The molecule has 0 aliphatic rings. The van der Waals surface area contributed by atoms with Gasteiger partial charge in [-0.1, -0.05) is 30.3 Å². The summed E-state index contributed by atoms with van der Waals surface area (Å²) >= 11 is 0. The van der Waals surface area contributed by atoms with Crippen molar-refractivity contribution < 1.29 is 18.7 Å². The third-order valence-electron chi connectivity index (χ3n) is 4.57. The molecule has 1 aromatic heterocycles. The summed E-state index contributed by atoms with van der Waals surface area (Å²) in [6, 6.07) is 15.7. The summed E-state index contributed by atoms with van der Waals surface area (Å²) in [5.41, 5.74) is 1.93. The Morgan fingerprint density at radius 1 is 1.07 bits per heavy atom. The normalized spacial score (nSPS) is 11.7. The quantitative estimate of drug-likeness (QED) is 0.667. The second-order valence-corrected chi connectivity index (χ2v) is 6.43. The maximum Gasteiger partial charge on any atom is 0.268 e. The maximum absolute atomic E-state index is 14.5. The number of ether oxygens (including phenoxy) is 2. The fourth-order valence-electron chi connectivity index (χ4n) is 3.09. The molecule has 1 heterocycles. The van der Waals surface area contributed by atoms with Gasteiger partial charge >= 0.3 is 0 Å². The first-order chi connectivity index (χ1) is 13.5. The van der Waals surface area contributed by atoms with Crippen LogP contribution in [0.3, 0.4) is 0 Å². The van der Waals surface area contributed by atoms with Crippen LogP contribution in [-0.2, 0) is 6.54 Å². The summed E-state index contributed by atoms with van der Waals surface area (Å²) in [5.74, 6) is -0.0285. The number of halogens is 1. The molecule has 1 unspecified atom stereocenters. The van der Waals surface area contributed by atoms with Crippen molar-refractivity contribution in [2.45, 2.75) is 19.5 Å². The Hall–Kier alpha value is -3.28. The number of carbonyl (C=O) groups excluding carboxylic acids is 1. The summed E-state index contributed by atoms with van der Waals surface area (Å²) < 4.78 is 26.7. The number of hydrogen-bond acceptors (Lipinski definition) is 3. The van der Waals surface area contributed by atoms with Gasteiger partial charge < -0.3 is 19.4 Å². The first-order valence-electron chi connectivity index (χ1n) is 8.94. The Balaban J connectivity index is 1.78. The Morgan fingerprint density at radius 3 is 2.43 bits per heavy atom. The van der Waals surface area contributed by atoms with E-state index < -0.39 is 11.9 Å². The smallest absolute Gasteiger partial charge is 0.268 e. The Kier molecular flexibility index (Phi) is 5.99. The number of benzene rings is 2. The summed E-state index contributed by atoms with van der Waals surface area (Å²) in [6.45, 7) is 2.31. The third kappa shape index (κ3) is 4.17. The van der Waals surface area contributed by atoms with Crippen molar-refractivity contribution in [1.29, 1.82) is 0 Å². The first kappa shape index (κ1) is 19.5. The average molecular weight is 382 g/mol. The second kappa shape index (κ2) is 8.61. The summed E-state index contributed by atoms with van der Waals surface area (Å²) in [6.07, 6.45) is 1.85. The molecule has 0 fully saturated rings. The van der Waals surface area contributed by atoms with E-state index in [0.717, 1.165) is 5.56 Å². The number of amides is 1. The lowest BCUT2D eigenvalue weighted by atomic mass is 10.1. The van der Waals surface area contributed by atoms with Crippen molar-refractivity contribution in [3.8, 4) is 11.5 Å². The number of nitrogens with one attached hydrogen (secondary N) is 1.